The van der Waals surface area contributed by atoms with Crippen molar-refractivity contribution in [2.45, 2.75) is 31.9 Å². The van der Waals surface area contributed by atoms with Crippen LogP contribution in [0.4, 0.5) is 11.4 Å². The van der Waals surface area contributed by atoms with Crippen molar-refractivity contribution in [2.24, 2.45) is 0 Å². The molecule has 3 N–H and O–H groups in total. The van der Waals surface area contributed by atoms with Crippen LogP contribution in [0.25, 0.3) is 17.2 Å². The number of nitrogens with zero attached hydrogens (tertiary/aromatic N) is 2. The van der Waals surface area contributed by atoms with E-state index in [2.05, 4.69) is 9.71 Å². The number of nitrogens with two attached hydrogens (primary N) is 1. The monoisotopic (exact) mass is 388 g/mol. The zero-order valence-electron chi connectivity index (χ0n) is 15.6. The van der Waals surface area contributed by atoms with Gasteiger partial charge in [-0.15, -0.1) is 4.72 Å². The molecule has 0 saturated heterocycles. The zero-order valence-corrected chi connectivity index (χ0v) is 16.5. The van der Waals surface area contributed by atoms with Crippen molar-refractivity contribution in [2.75, 3.05) is 12.3 Å². The number of anilines is 1. The Kier molecular flexibility index (Phi) is 6.95. The molecule has 1 aromatic carbocycles. The summed E-state index contributed by atoms with van der Waals surface area (Å²) in [4.78, 5) is 14.7. The van der Waals surface area contributed by atoms with Gasteiger partial charge >= 0.3 is 0 Å². The number of nitro benzene ring substituents is 1. The fourth-order valence-corrected chi connectivity index (χ4v) is 3.03. The summed E-state index contributed by atoms with van der Waals surface area (Å²) in [7, 11) is 0. The van der Waals surface area contributed by atoms with Gasteiger partial charge in [0.1, 0.15) is 4.75 Å². The summed E-state index contributed by atoms with van der Waals surface area (Å²) in [5, 5.41) is 10.8. The first-order chi connectivity index (χ1) is 12.7. The predicted octanol–water partition coefficient (Wildman–Crippen LogP) is 3.69. The average Bonchev–Trinajstić information content (AvgIpc) is 2.60. The summed E-state index contributed by atoms with van der Waals surface area (Å²) in [5.41, 5.74) is 8.59. The fourth-order valence-electron chi connectivity index (χ4n) is 2.29. The van der Waals surface area contributed by atoms with E-state index in [9.17, 15) is 14.7 Å². The molecule has 0 saturated carbocycles. The van der Waals surface area contributed by atoms with Crippen LogP contribution in [0.2, 0.25) is 0 Å². The van der Waals surface area contributed by atoms with Crippen LogP contribution in [0.3, 0.4) is 0 Å². The van der Waals surface area contributed by atoms with Crippen LogP contribution in [0.15, 0.2) is 42.6 Å². The number of nitro groups is 1. The Hall–Kier alpha value is -2.42. The molecule has 1 aromatic heterocycles. The van der Waals surface area contributed by atoms with Crippen molar-refractivity contribution in [3.8, 4) is 11.1 Å². The second-order valence-corrected chi connectivity index (χ2v) is 9.02. The van der Waals surface area contributed by atoms with E-state index >= 15 is 0 Å². The number of aromatic nitrogens is 1. The van der Waals surface area contributed by atoms with Gasteiger partial charge in [0, 0.05) is 47.5 Å². The van der Waals surface area contributed by atoms with E-state index in [0.29, 0.717) is 18.7 Å². The van der Waals surface area contributed by atoms with Crippen molar-refractivity contribution in [3.05, 3.63) is 58.4 Å². The van der Waals surface area contributed by atoms with Crippen LogP contribution >= 0.6 is 0 Å². The van der Waals surface area contributed by atoms with Gasteiger partial charge in [0.25, 0.3) is 5.69 Å². The maximum atomic E-state index is 11.9. The van der Waals surface area contributed by atoms with E-state index in [0.717, 1.165) is 16.8 Å². The lowest BCUT2D eigenvalue weighted by Crippen LogP contribution is -2.39. The van der Waals surface area contributed by atoms with E-state index in [1.54, 1.807) is 12.3 Å². The van der Waals surface area contributed by atoms with E-state index < -0.39 is 16.3 Å². The Labute approximate surface area is 162 Å². The zero-order chi connectivity index (χ0) is 20.0. The molecule has 2 aromatic rings. The van der Waals surface area contributed by atoms with Crippen molar-refractivity contribution in [1.29, 1.82) is 0 Å². The molecule has 0 radical (unpaired) electrons. The molecule has 7 nitrogen and oxygen atoms in total. The van der Waals surface area contributed by atoms with Gasteiger partial charge in [0.2, 0.25) is 0 Å². The molecular weight excluding hydrogens is 364 g/mol. The molecule has 144 valence electrons. The molecule has 0 fully saturated rings. The number of benzene rings is 1. The summed E-state index contributed by atoms with van der Waals surface area (Å²) in [5.74, 6) is 0. The fraction of sp³-hybridized carbons (Fsp3) is 0.316. The van der Waals surface area contributed by atoms with Gasteiger partial charge < -0.3 is 10.3 Å². The lowest BCUT2D eigenvalue weighted by Gasteiger charge is -2.23. The molecule has 8 heteroatoms. The third-order valence-corrected chi connectivity index (χ3v) is 5.31. The first-order valence-corrected chi connectivity index (χ1v) is 9.66. The van der Waals surface area contributed by atoms with Crippen LogP contribution in [-0.2, 0) is 11.4 Å². The molecule has 0 amide bonds. The molecule has 0 aliphatic carbocycles. The lowest BCUT2D eigenvalue weighted by molar-refractivity contribution is -0.384. The number of nitrogen functional groups attached to an aromatic ring is 1. The Balaban J connectivity index is 2.02. The number of rotatable bonds is 7. The molecule has 0 aliphatic rings. The molecule has 27 heavy (non-hydrogen) atoms. The molecular formula is C19H24N4O3S. The largest absolute Gasteiger partial charge is 0.598 e. The van der Waals surface area contributed by atoms with E-state index in [1.165, 1.54) is 12.1 Å². The van der Waals surface area contributed by atoms with Crippen molar-refractivity contribution < 1.29 is 9.48 Å². The van der Waals surface area contributed by atoms with Crippen LogP contribution in [-0.4, -0.2) is 25.8 Å². The van der Waals surface area contributed by atoms with Gasteiger partial charge in [0.05, 0.1) is 10.6 Å². The first-order valence-electron chi connectivity index (χ1n) is 8.51. The van der Waals surface area contributed by atoms with Crippen LogP contribution in [0, 0.1) is 10.1 Å². The third-order valence-electron chi connectivity index (χ3n) is 3.73. The summed E-state index contributed by atoms with van der Waals surface area (Å²) >= 11 is -1.08. The number of hydrogen-bond acceptors (Lipinski definition) is 6. The highest BCUT2D eigenvalue weighted by Gasteiger charge is 2.25. The average molecular weight is 388 g/mol. The van der Waals surface area contributed by atoms with Crippen molar-refractivity contribution >= 4 is 28.8 Å². The molecule has 0 aliphatic heterocycles. The standard InChI is InChI=1S/C19H24N4O3S/c1-19(2,3)27(26)22-10-5-4-6-15-12-14(9-11-21-15)17-8-7-16(23(24)25)13-18(17)20/h4,6-9,11-13,22H,5,10,20H2,1-3H3. The predicted molar refractivity (Wildman–Crippen MR) is 110 cm³/mol. The lowest BCUT2D eigenvalue weighted by atomic mass is 10.0. The number of hydrogen-bond donors (Lipinski definition) is 2. The first kappa shape index (κ1) is 20.9. The Morgan fingerprint density at radius 2 is 2.04 bits per heavy atom. The number of pyridine rings is 1. The molecule has 1 heterocycles. The highest BCUT2D eigenvalue weighted by atomic mass is 32.2. The quantitative estimate of drug-likeness (QED) is 0.246. The van der Waals surface area contributed by atoms with Crippen LogP contribution in [0.5, 0.6) is 0 Å². The minimum atomic E-state index is -1.08. The van der Waals surface area contributed by atoms with Crippen LogP contribution < -0.4 is 10.5 Å². The molecule has 1 unspecified atom stereocenters. The summed E-state index contributed by atoms with van der Waals surface area (Å²) in [6, 6.07) is 8.11. The highest BCUT2D eigenvalue weighted by Crippen LogP contribution is 2.29. The normalized spacial score (nSPS) is 13.0. The van der Waals surface area contributed by atoms with Gasteiger partial charge in [0.15, 0.2) is 0 Å². The Morgan fingerprint density at radius 3 is 2.67 bits per heavy atom. The van der Waals surface area contributed by atoms with E-state index in [1.807, 2.05) is 45.1 Å². The van der Waals surface area contributed by atoms with Crippen molar-refractivity contribution in [3.63, 3.8) is 0 Å². The van der Waals surface area contributed by atoms with Gasteiger partial charge in [-0.25, -0.2) is 0 Å². The third kappa shape index (κ3) is 6.06. The van der Waals surface area contributed by atoms with Crippen LogP contribution in [0.1, 0.15) is 32.9 Å². The van der Waals surface area contributed by atoms with Gasteiger partial charge in [-0.05, 0) is 57.0 Å². The summed E-state index contributed by atoms with van der Waals surface area (Å²) in [6.07, 6.45) is 6.22. The van der Waals surface area contributed by atoms with Gasteiger partial charge in [-0.1, -0.05) is 6.08 Å². The van der Waals surface area contributed by atoms with Crippen molar-refractivity contribution in [1.82, 2.24) is 9.71 Å². The summed E-state index contributed by atoms with van der Waals surface area (Å²) < 4.78 is 14.6. The maximum Gasteiger partial charge on any atom is 0.271 e. The smallest absolute Gasteiger partial charge is 0.271 e. The molecule has 0 spiro atoms. The molecule has 1 atom stereocenters. The Bertz CT molecular complexity index is 834. The summed E-state index contributed by atoms with van der Waals surface area (Å²) in [6.45, 7) is 6.37. The minimum absolute atomic E-state index is 0.0365. The number of non-ortho nitro benzene ring substituents is 1. The molecule has 0 bridgehead atoms. The second-order valence-electron chi connectivity index (χ2n) is 6.96. The SMILES string of the molecule is CC(C)(C)[S+]([O-])NCCC=Cc1cc(-c2ccc([N+](=O)[O-])cc2N)ccn1. The molecule has 2 rings (SSSR count). The Morgan fingerprint density at radius 1 is 1.30 bits per heavy atom. The van der Waals surface area contributed by atoms with E-state index in [4.69, 9.17) is 5.73 Å². The maximum absolute atomic E-state index is 11.9. The van der Waals surface area contributed by atoms with Gasteiger partial charge in [-0.2, -0.15) is 0 Å². The minimum Gasteiger partial charge on any atom is -0.598 e. The number of nitrogens with one attached hydrogen (secondary N) is 1. The second kappa shape index (κ2) is 8.98. The van der Waals surface area contributed by atoms with Gasteiger partial charge in [-0.3, -0.25) is 15.1 Å². The van der Waals surface area contributed by atoms with E-state index in [-0.39, 0.29) is 10.4 Å². The highest BCUT2D eigenvalue weighted by molar-refractivity contribution is 7.90. The topological polar surface area (TPSA) is 117 Å².